The molecule has 7 nitrogen and oxygen atoms in total. The second kappa shape index (κ2) is 7.59. The van der Waals surface area contributed by atoms with Crippen molar-refractivity contribution in [2.75, 3.05) is 40.4 Å². The van der Waals surface area contributed by atoms with Gasteiger partial charge in [0.25, 0.3) is 5.91 Å². The van der Waals surface area contributed by atoms with Crippen molar-refractivity contribution in [3.8, 4) is 5.75 Å². The number of rotatable bonds is 4. The quantitative estimate of drug-likeness (QED) is 0.831. The molecule has 0 spiro atoms. The number of sulfonamides is 1. The van der Waals surface area contributed by atoms with Gasteiger partial charge in [-0.05, 0) is 61.7 Å². The molecule has 0 aromatic heterocycles. The Hall–Kier alpha value is -2.74. The summed E-state index contributed by atoms with van der Waals surface area (Å²) in [4.78, 5) is 15.1. The number of hydrogen-bond acceptors (Lipinski definition) is 5. The van der Waals surface area contributed by atoms with Crippen LogP contribution in [0, 0.1) is 6.92 Å². The first-order chi connectivity index (χ1) is 13.8. The molecule has 2 aliphatic rings. The number of nitrogens with one attached hydrogen (secondary N) is 1. The maximum atomic E-state index is 12.8. The molecule has 154 valence electrons. The van der Waals surface area contributed by atoms with Crippen LogP contribution in [-0.4, -0.2) is 46.3 Å². The molecular formula is C21H25N3O4S. The number of carbonyl (C=O) groups is 1. The Morgan fingerprint density at radius 3 is 2.45 bits per heavy atom. The van der Waals surface area contributed by atoms with E-state index in [0.717, 1.165) is 30.6 Å². The van der Waals surface area contributed by atoms with Gasteiger partial charge in [-0.1, -0.05) is 6.07 Å². The average molecular weight is 416 g/mol. The smallest absolute Gasteiger partial charge is 0.267 e. The van der Waals surface area contributed by atoms with Crippen molar-refractivity contribution in [2.45, 2.75) is 25.9 Å². The average Bonchev–Trinajstić information content (AvgIpc) is 3.21. The van der Waals surface area contributed by atoms with Gasteiger partial charge in [0.15, 0.2) is 6.10 Å². The standard InChI is InChI=1S/C21H25N3O4S/c1-15-5-10-18-19(13-15)28-20(14-24(18)29(2,26)27)21(25)22-16-6-8-17(9-7-16)23-11-3-4-12-23/h5-10,13,20H,3-4,11-12,14H2,1-2H3,(H,22,25)/t20-/m0/s1. The number of nitrogens with zero attached hydrogens (tertiary/aromatic N) is 2. The van der Waals surface area contributed by atoms with Crippen molar-refractivity contribution in [1.82, 2.24) is 0 Å². The summed E-state index contributed by atoms with van der Waals surface area (Å²) in [7, 11) is -3.54. The minimum absolute atomic E-state index is 0.0629. The Morgan fingerprint density at radius 1 is 1.10 bits per heavy atom. The van der Waals surface area contributed by atoms with Crippen molar-refractivity contribution in [3.63, 3.8) is 0 Å². The topological polar surface area (TPSA) is 79.0 Å². The fraction of sp³-hybridized carbons (Fsp3) is 0.381. The molecule has 1 N–H and O–H groups in total. The minimum atomic E-state index is -3.54. The summed E-state index contributed by atoms with van der Waals surface area (Å²) in [6.45, 7) is 3.94. The maximum Gasteiger partial charge on any atom is 0.267 e. The molecule has 2 aromatic carbocycles. The van der Waals surface area contributed by atoms with E-state index in [2.05, 4.69) is 10.2 Å². The lowest BCUT2D eigenvalue weighted by Gasteiger charge is -2.34. The molecule has 0 aliphatic carbocycles. The van der Waals surface area contributed by atoms with Crippen molar-refractivity contribution >= 4 is 33.0 Å². The number of aryl methyl sites for hydroxylation is 1. The van der Waals surface area contributed by atoms with Crippen LogP contribution in [0.1, 0.15) is 18.4 Å². The fourth-order valence-electron chi connectivity index (χ4n) is 3.77. The molecule has 29 heavy (non-hydrogen) atoms. The lowest BCUT2D eigenvalue weighted by atomic mass is 10.1. The summed E-state index contributed by atoms with van der Waals surface area (Å²) in [6.07, 6.45) is 2.61. The van der Waals surface area contributed by atoms with Gasteiger partial charge in [0, 0.05) is 24.5 Å². The Morgan fingerprint density at radius 2 is 1.79 bits per heavy atom. The summed E-state index contributed by atoms with van der Waals surface area (Å²) in [5.74, 6) is 0.0194. The van der Waals surface area contributed by atoms with E-state index in [1.54, 1.807) is 12.1 Å². The first-order valence-corrected chi connectivity index (χ1v) is 11.6. The van der Waals surface area contributed by atoms with Crippen LogP contribution < -0.4 is 19.3 Å². The summed E-state index contributed by atoms with van der Waals surface area (Å²) in [6, 6.07) is 13.0. The second-order valence-corrected chi connectivity index (χ2v) is 9.51. The van der Waals surface area contributed by atoms with E-state index in [1.807, 2.05) is 37.3 Å². The third-order valence-corrected chi connectivity index (χ3v) is 6.43. The highest BCUT2D eigenvalue weighted by Crippen LogP contribution is 2.36. The van der Waals surface area contributed by atoms with Crippen molar-refractivity contribution in [2.24, 2.45) is 0 Å². The lowest BCUT2D eigenvalue weighted by Crippen LogP contribution is -2.48. The van der Waals surface area contributed by atoms with Gasteiger partial charge in [-0.15, -0.1) is 0 Å². The van der Waals surface area contributed by atoms with Gasteiger partial charge < -0.3 is 15.0 Å². The minimum Gasteiger partial charge on any atom is -0.476 e. The van der Waals surface area contributed by atoms with Crippen molar-refractivity contribution in [1.29, 1.82) is 0 Å². The lowest BCUT2D eigenvalue weighted by molar-refractivity contribution is -0.122. The van der Waals surface area contributed by atoms with Gasteiger partial charge in [-0.3, -0.25) is 9.10 Å². The molecule has 2 aliphatic heterocycles. The summed E-state index contributed by atoms with van der Waals surface area (Å²) in [5, 5.41) is 2.84. The van der Waals surface area contributed by atoms with Gasteiger partial charge >= 0.3 is 0 Å². The van der Waals surface area contributed by atoms with Crippen LogP contribution in [-0.2, 0) is 14.8 Å². The largest absolute Gasteiger partial charge is 0.476 e. The number of amides is 1. The highest BCUT2D eigenvalue weighted by atomic mass is 32.2. The van der Waals surface area contributed by atoms with E-state index in [0.29, 0.717) is 17.1 Å². The van der Waals surface area contributed by atoms with Gasteiger partial charge in [-0.2, -0.15) is 0 Å². The van der Waals surface area contributed by atoms with Crippen molar-refractivity contribution < 1.29 is 17.9 Å². The zero-order valence-corrected chi connectivity index (χ0v) is 17.4. The SMILES string of the molecule is Cc1ccc2c(c1)O[C@H](C(=O)Nc1ccc(N3CCCC3)cc1)CN2S(C)(=O)=O. The highest BCUT2D eigenvalue weighted by molar-refractivity contribution is 7.92. The highest BCUT2D eigenvalue weighted by Gasteiger charge is 2.35. The fourth-order valence-corrected chi connectivity index (χ4v) is 4.68. The van der Waals surface area contributed by atoms with E-state index in [-0.39, 0.29) is 12.5 Å². The molecule has 1 fully saturated rings. The molecule has 0 bridgehead atoms. The van der Waals surface area contributed by atoms with Crippen LogP contribution in [0.2, 0.25) is 0 Å². The van der Waals surface area contributed by atoms with Crippen LogP contribution in [0.15, 0.2) is 42.5 Å². The molecule has 2 aromatic rings. The molecule has 8 heteroatoms. The molecule has 0 radical (unpaired) electrons. The van der Waals surface area contributed by atoms with Crippen molar-refractivity contribution in [3.05, 3.63) is 48.0 Å². The number of anilines is 3. The van der Waals surface area contributed by atoms with Crippen LogP contribution in [0.5, 0.6) is 5.75 Å². The third kappa shape index (κ3) is 4.17. The zero-order chi connectivity index (χ0) is 20.6. The summed E-state index contributed by atoms with van der Waals surface area (Å²) >= 11 is 0. The normalized spacial score (nSPS) is 18.9. The van der Waals surface area contributed by atoms with Crippen LogP contribution >= 0.6 is 0 Å². The van der Waals surface area contributed by atoms with E-state index >= 15 is 0 Å². The van der Waals surface area contributed by atoms with Gasteiger partial charge in [0.05, 0.1) is 18.5 Å². The molecule has 0 unspecified atom stereocenters. The number of carbonyl (C=O) groups excluding carboxylic acids is 1. The second-order valence-electron chi connectivity index (χ2n) is 7.60. The van der Waals surface area contributed by atoms with Crippen LogP contribution in [0.3, 0.4) is 0 Å². The van der Waals surface area contributed by atoms with Gasteiger partial charge in [0.2, 0.25) is 10.0 Å². The Labute approximate surface area is 171 Å². The summed E-state index contributed by atoms with van der Waals surface area (Å²) in [5.41, 5.74) is 3.18. The molecule has 1 saturated heterocycles. The van der Waals surface area contributed by atoms with Gasteiger partial charge in [-0.25, -0.2) is 8.42 Å². The molecule has 1 atom stereocenters. The zero-order valence-electron chi connectivity index (χ0n) is 16.6. The predicted octanol–water partition coefficient (Wildman–Crippen LogP) is 2.76. The van der Waals surface area contributed by atoms with E-state index < -0.39 is 16.1 Å². The predicted molar refractivity (Wildman–Crippen MR) is 114 cm³/mol. The first-order valence-electron chi connectivity index (χ1n) is 9.72. The molecule has 4 rings (SSSR count). The molecular weight excluding hydrogens is 390 g/mol. The van der Waals surface area contributed by atoms with Gasteiger partial charge in [0.1, 0.15) is 5.75 Å². The van der Waals surface area contributed by atoms with Crippen LogP contribution in [0.25, 0.3) is 0 Å². The van der Waals surface area contributed by atoms with E-state index in [4.69, 9.17) is 4.74 Å². The maximum absolute atomic E-state index is 12.8. The third-order valence-electron chi connectivity index (χ3n) is 5.28. The van der Waals surface area contributed by atoms with Crippen LogP contribution in [0.4, 0.5) is 17.1 Å². The molecule has 0 saturated carbocycles. The van der Waals surface area contributed by atoms with E-state index in [9.17, 15) is 13.2 Å². The monoisotopic (exact) mass is 415 g/mol. The Balaban J connectivity index is 1.51. The summed E-state index contributed by atoms with van der Waals surface area (Å²) < 4.78 is 31.6. The number of ether oxygens (including phenoxy) is 1. The molecule has 2 heterocycles. The molecule has 1 amide bonds. The number of fused-ring (bicyclic) bond motifs is 1. The Kier molecular flexibility index (Phi) is 5.12. The Bertz CT molecular complexity index is 1010. The first kappa shape index (κ1) is 19.6. The number of benzene rings is 2. The van der Waals surface area contributed by atoms with E-state index in [1.165, 1.54) is 17.1 Å². The number of hydrogen-bond donors (Lipinski definition) is 1.